The molecule has 0 saturated carbocycles. The van der Waals surface area contributed by atoms with E-state index in [1.165, 1.54) is 0 Å². The first-order valence-corrected chi connectivity index (χ1v) is 10.1. The normalized spacial score (nSPS) is 11.0. The van der Waals surface area contributed by atoms with E-state index in [9.17, 15) is 4.79 Å². The van der Waals surface area contributed by atoms with Gasteiger partial charge in [-0.1, -0.05) is 36.4 Å². The number of para-hydroxylation sites is 2. The van der Waals surface area contributed by atoms with E-state index in [2.05, 4.69) is 26.0 Å². The smallest absolute Gasteiger partial charge is 0.255 e. The lowest BCUT2D eigenvalue weighted by Gasteiger charge is -2.09. The highest BCUT2D eigenvalue weighted by Crippen LogP contribution is 2.16. The first-order valence-electron chi connectivity index (χ1n) is 10.1. The monoisotopic (exact) mass is 407 g/mol. The second-order valence-corrected chi connectivity index (χ2v) is 7.42. The van der Waals surface area contributed by atoms with E-state index in [4.69, 9.17) is 0 Å². The molecule has 3 aromatic carbocycles. The Balaban J connectivity index is 1.27. The zero-order valence-electron chi connectivity index (χ0n) is 16.8. The summed E-state index contributed by atoms with van der Waals surface area (Å²) in [4.78, 5) is 17.2. The van der Waals surface area contributed by atoms with Crippen LogP contribution in [0.5, 0.6) is 0 Å². The van der Waals surface area contributed by atoms with E-state index in [-0.39, 0.29) is 5.91 Å². The Labute approximate surface area is 179 Å². The van der Waals surface area contributed by atoms with Crippen LogP contribution in [-0.2, 0) is 13.1 Å². The fraction of sp³-hybridized carbons (Fsp3) is 0.0800. The van der Waals surface area contributed by atoms with Crippen LogP contribution in [0.3, 0.4) is 0 Å². The van der Waals surface area contributed by atoms with Gasteiger partial charge in [-0.05, 0) is 53.6 Å². The minimum atomic E-state index is -0.128. The summed E-state index contributed by atoms with van der Waals surface area (Å²) in [5.41, 5.74) is 5.60. The van der Waals surface area contributed by atoms with Gasteiger partial charge in [0, 0.05) is 30.2 Å². The van der Waals surface area contributed by atoms with Gasteiger partial charge in [0.25, 0.3) is 5.91 Å². The van der Waals surface area contributed by atoms with E-state index in [1.807, 2.05) is 90.0 Å². The lowest BCUT2D eigenvalue weighted by molar-refractivity contribution is 0.102. The summed E-state index contributed by atoms with van der Waals surface area (Å²) >= 11 is 0. The summed E-state index contributed by atoms with van der Waals surface area (Å²) in [6.45, 7) is 1.36. The predicted molar refractivity (Wildman–Crippen MR) is 121 cm³/mol. The number of amides is 1. The molecule has 2 heterocycles. The van der Waals surface area contributed by atoms with Crippen molar-refractivity contribution in [3.63, 3.8) is 0 Å². The molecule has 0 fully saturated rings. The van der Waals surface area contributed by atoms with E-state index in [1.54, 1.807) is 6.20 Å². The van der Waals surface area contributed by atoms with Gasteiger partial charge < -0.3 is 9.88 Å². The number of nitrogens with zero attached hydrogens (tertiary/aromatic N) is 4. The van der Waals surface area contributed by atoms with Crippen LogP contribution in [0.1, 0.15) is 21.5 Å². The highest BCUT2D eigenvalue weighted by Gasteiger charge is 2.09. The van der Waals surface area contributed by atoms with E-state index in [0.717, 1.165) is 27.8 Å². The summed E-state index contributed by atoms with van der Waals surface area (Å²) in [5, 5.41) is 7.19. The Morgan fingerprint density at radius 2 is 1.74 bits per heavy atom. The topological polar surface area (TPSA) is 64.7 Å². The number of anilines is 1. The lowest BCUT2D eigenvalue weighted by Crippen LogP contribution is -2.12. The average molecular weight is 407 g/mol. The molecule has 31 heavy (non-hydrogen) atoms. The van der Waals surface area contributed by atoms with Crippen molar-refractivity contribution < 1.29 is 4.79 Å². The Hall–Kier alpha value is -4.19. The highest BCUT2D eigenvalue weighted by atomic mass is 16.1. The fourth-order valence-electron chi connectivity index (χ4n) is 3.62. The molecule has 0 saturated heterocycles. The Bertz CT molecular complexity index is 1320. The van der Waals surface area contributed by atoms with Gasteiger partial charge in [-0.25, -0.2) is 4.98 Å². The van der Waals surface area contributed by atoms with Crippen LogP contribution in [0.15, 0.2) is 97.6 Å². The van der Waals surface area contributed by atoms with Gasteiger partial charge in [-0.3, -0.25) is 9.48 Å². The van der Waals surface area contributed by atoms with Crippen LogP contribution in [0.25, 0.3) is 11.0 Å². The number of hydrogen-bond acceptors (Lipinski definition) is 3. The molecule has 2 aromatic heterocycles. The summed E-state index contributed by atoms with van der Waals surface area (Å²) in [5.74, 6) is -0.128. The second-order valence-electron chi connectivity index (χ2n) is 7.42. The average Bonchev–Trinajstić information content (AvgIpc) is 3.46. The van der Waals surface area contributed by atoms with Crippen molar-refractivity contribution in [1.82, 2.24) is 19.3 Å². The van der Waals surface area contributed by atoms with Crippen LogP contribution in [0.2, 0.25) is 0 Å². The quantitative estimate of drug-likeness (QED) is 0.448. The third kappa shape index (κ3) is 4.23. The molecule has 1 amide bonds. The van der Waals surface area contributed by atoms with Crippen molar-refractivity contribution in [2.45, 2.75) is 13.1 Å². The van der Waals surface area contributed by atoms with E-state index >= 15 is 0 Å². The first-order chi connectivity index (χ1) is 15.2. The molecular weight excluding hydrogens is 386 g/mol. The second kappa shape index (κ2) is 8.28. The molecule has 1 N–H and O–H groups in total. The minimum Gasteiger partial charge on any atom is -0.326 e. The molecule has 0 atom stereocenters. The number of carbonyl (C=O) groups is 1. The molecule has 6 nitrogen and oxygen atoms in total. The van der Waals surface area contributed by atoms with Gasteiger partial charge in [0.15, 0.2) is 0 Å². The third-order valence-corrected chi connectivity index (χ3v) is 5.19. The number of hydrogen-bond donors (Lipinski definition) is 1. The predicted octanol–water partition coefficient (Wildman–Crippen LogP) is 4.58. The van der Waals surface area contributed by atoms with Crippen LogP contribution in [0, 0.1) is 0 Å². The van der Waals surface area contributed by atoms with Crippen molar-refractivity contribution in [3.05, 3.63) is 114 Å². The number of imidazole rings is 1. The first kappa shape index (κ1) is 18.8. The summed E-state index contributed by atoms with van der Waals surface area (Å²) in [7, 11) is 0. The number of fused-ring (bicyclic) bond motifs is 1. The van der Waals surface area contributed by atoms with Gasteiger partial charge in [-0.15, -0.1) is 0 Å². The molecule has 5 rings (SSSR count). The zero-order valence-corrected chi connectivity index (χ0v) is 16.8. The van der Waals surface area contributed by atoms with Crippen LogP contribution in [0.4, 0.5) is 5.69 Å². The fourth-order valence-corrected chi connectivity index (χ4v) is 3.62. The van der Waals surface area contributed by atoms with Crippen LogP contribution >= 0.6 is 0 Å². The Morgan fingerprint density at radius 3 is 2.58 bits per heavy atom. The zero-order chi connectivity index (χ0) is 21.0. The van der Waals surface area contributed by atoms with Crippen molar-refractivity contribution in [3.8, 4) is 0 Å². The SMILES string of the molecule is O=C(Nc1ccc(Cn2cccn2)cc1)c1cccc(Cn2cnc3ccccc32)c1. The highest BCUT2D eigenvalue weighted by molar-refractivity contribution is 6.04. The number of aromatic nitrogens is 4. The third-order valence-electron chi connectivity index (χ3n) is 5.19. The molecule has 0 spiro atoms. The molecular formula is C25H21N5O. The van der Waals surface area contributed by atoms with E-state index in [0.29, 0.717) is 18.7 Å². The van der Waals surface area contributed by atoms with E-state index < -0.39 is 0 Å². The number of carbonyl (C=O) groups excluding carboxylic acids is 1. The largest absolute Gasteiger partial charge is 0.326 e. The maximum absolute atomic E-state index is 12.8. The Kier molecular flexibility index (Phi) is 5.02. The molecule has 0 radical (unpaired) electrons. The van der Waals surface area contributed by atoms with Crippen molar-refractivity contribution >= 4 is 22.6 Å². The number of nitrogens with one attached hydrogen (secondary N) is 1. The molecule has 0 aliphatic rings. The minimum absolute atomic E-state index is 0.128. The molecule has 0 aliphatic carbocycles. The standard InChI is InChI=1S/C25H21N5O/c31-25(28-22-11-9-19(10-12-22)17-30-14-4-13-27-30)21-6-3-5-20(15-21)16-29-18-26-23-7-1-2-8-24(23)29/h1-15,18H,16-17H2,(H,28,31). The van der Waals surface area contributed by atoms with Crippen LogP contribution < -0.4 is 5.32 Å². The molecule has 152 valence electrons. The van der Waals surface area contributed by atoms with Gasteiger partial charge in [0.2, 0.25) is 0 Å². The summed E-state index contributed by atoms with van der Waals surface area (Å²) in [6.07, 6.45) is 5.52. The molecule has 0 unspecified atom stereocenters. The summed E-state index contributed by atoms with van der Waals surface area (Å²) in [6, 6.07) is 25.5. The van der Waals surface area contributed by atoms with Crippen LogP contribution in [-0.4, -0.2) is 25.2 Å². The molecule has 0 aliphatic heterocycles. The van der Waals surface area contributed by atoms with Gasteiger partial charge in [0.1, 0.15) is 0 Å². The maximum Gasteiger partial charge on any atom is 0.255 e. The molecule has 6 heteroatoms. The maximum atomic E-state index is 12.8. The Morgan fingerprint density at radius 1 is 0.871 bits per heavy atom. The lowest BCUT2D eigenvalue weighted by atomic mass is 10.1. The number of rotatable bonds is 6. The van der Waals surface area contributed by atoms with Crippen molar-refractivity contribution in [2.24, 2.45) is 0 Å². The van der Waals surface area contributed by atoms with Gasteiger partial charge in [-0.2, -0.15) is 5.10 Å². The van der Waals surface area contributed by atoms with Gasteiger partial charge in [0.05, 0.1) is 23.9 Å². The van der Waals surface area contributed by atoms with Gasteiger partial charge >= 0.3 is 0 Å². The van der Waals surface area contributed by atoms with Crippen molar-refractivity contribution in [1.29, 1.82) is 0 Å². The molecule has 0 bridgehead atoms. The molecule has 5 aromatic rings. The summed E-state index contributed by atoms with van der Waals surface area (Å²) < 4.78 is 3.95. The van der Waals surface area contributed by atoms with Crippen molar-refractivity contribution in [2.75, 3.05) is 5.32 Å². The number of benzene rings is 3.